The maximum absolute atomic E-state index is 5.92. The molecule has 138 valence electrons. The molecule has 0 radical (unpaired) electrons. The number of thiazole rings is 1. The number of thiophene rings is 1. The summed E-state index contributed by atoms with van der Waals surface area (Å²) in [4.78, 5) is 14.6. The van der Waals surface area contributed by atoms with Gasteiger partial charge in [-0.2, -0.15) is 0 Å². The molecule has 0 saturated carbocycles. The molecular weight excluding hydrogens is 372 g/mol. The van der Waals surface area contributed by atoms with E-state index >= 15 is 0 Å². The van der Waals surface area contributed by atoms with Gasteiger partial charge in [-0.05, 0) is 56.8 Å². The third-order valence-corrected chi connectivity index (χ3v) is 8.00. The fourth-order valence-corrected chi connectivity index (χ4v) is 6.46. The first kappa shape index (κ1) is 17.1. The van der Waals surface area contributed by atoms with Gasteiger partial charge in [0.15, 0.2) is 0 Å². The summed E-state index contributed by atoms with van der Waals surface area (Å²) in [5.41, 5.74) is 8.83. The van der Waals surface area contributed by atoms with E-state index in [1.807, 2.05) is 29.7 Å². The van der Waals surface area contributed by atoms with Gasteiger partial charge in [0.1, 0.15) is 9.84 Å². The predicted octanol–water partition coefficient (Wildman–Crippen LogP) is 5.35. The minimum absolute atomic E-state index is 0.594. The molecule has 1 fully saturated rings. The zero-order valence-electron chi connectivity index (χ0n) is 15.5. The smallest absolute Gasteiger partial charge is 0.125 e. The van der Waals surface area contributed by atoms with E-state index in [9.17, 15) is 0 Å². The Morgan fingerprint density at radius 3 is 2.93 bits per heavy atom. The van der Waals surface area contributed by atoms with Crippen molar-refractivity contribution in [3.05, 3.63) is 41.4 Å². The van der Waals surface area contributed by atoms with Crippen LogP contribution in [0.15, 0.2) is 36.5 Å². The van der Waals surface area contributed by atoms with Crippen molar-refractivity contribution < 1.29 is 0 Å². The van der Waals surface area contributed by atoms with Crippen LogP contribution in [0.5, 0.6) is 0 Å². The van der Waals surface area contributed by atoms with Gasteiger partial charge in [0, 0.05) is 39.7 Å². The lowest BCUT2D eigenvalue weighted by molar-refractivity contribution is 0.274. The number of pyridine rings is 1. The van der Waals surface area contributed by atoms with Gasteiger partial charge in [-0.25, -0.2) is 9.97 Å². The molecule has 2 atom stereocenters. The Morgan fingerprint density at radius 2 is 2.11 bits per heavy atom. The minimum atomic E-state index is 0.594. The number of hydrogen-bond acceptors (Lipinski definition) is 6. The highest BCUT2D eigenvalue weighted by Gasteiger charge is 2.32. The van der Waals surface area contributed by atoms with E-state index in [0.717, 1.165) is 27.6 Å². The Labute approximate surface area is 166 Å². The molecule has 3 aromatic heterocycles. The van der Waals surface area contributed by atoms with Crippen LogP contribution in [0, 0.1) is 0 Å². The lowest BCUT2D eigenvalue weighted by Gasteiger charge is -2.22. The van der Waals surface area contributed by atoms with Gasteiger partial charge in [-0.1, -0.05) is 6.92 Å². The molecular formula is C21H22N4S2. The molecule has 0 aliphatic carbocycles. The maximum Gasteiger partial charge on any atom is 0.125 e. The largest absolute Gasteiger partial charge is 0.399 e. The number of aromatic nitrogens is 2. The average molecular weight is 395 g/mol. The molecule has 0 spiro atoms. The third kappa shape index (κ3) is 2.83. The van der Waals surface area contributed by atoms with E-state index in [1.165, 1.54) is 33.5 Å². The van der Waals surface area contributed by atoms with Crippen molar-refractivity contribution in [3.63, 3.8) is 0 Å². The number of likely N-dealkylation sites (N-methyl/N-ethyl adjacent to an activating group) is 1. The Kier molecular flexibility index (Phi) is 4.15. The van der Waals surface area contributed by atoms with Crippen LogP contribution in [0.25, 0.3) is 31.0 Å². The fourth-order valence-electron chi connectivity index (χ4n) is 4.22. The lowest BCUT2D eigenvalue weighted by Crippen LogP contribution is -2.28. The van der Waals surface area contributed by atoms with Crippen molar-refractivity contribution in [1.82, 2.24) is 14.9 Å². The summed E-state index contributed by atoms with van der Waals surface area (Å²) in [6.45, 7) is 6.93. The molecule has 27 heavy (non-hydrogen) atoms. The summed E-state index contributed by atoms with van der Waals surface area (Å²) in [6, 6.07) is 11.0. The molecule has 4 nitrogen and oxygen atoms in total. The van der Waals surface area contributed by atoms with E-state index < -0.39 is 0 Å². The monoisotopic (exact) mass is 394 g/mol. The molecule has 0 bridgehead atoms. The van der Waals surface area contributed by atoms with E-state index in [1.54, 1.807) is 11.3 Å². The first-order valence-electron chi connectivity index (χ1n) is 9.43. The van der Waals surface area contributed by atoms with E-state index in [2.05, 4.69) is 41.9 Å². The SMILES string of the molecule is CCN1CCC(c2cc3c(-c4nc5cc(N)ccc5s4)ccnc3s2)C1C. The topological polar surface area (TPSA) is 55.0 Å². The van der Waals surface area contributed by atoms with Gasteiger partial charge in [0.05, 0.1) is 10.2 Å². The van der Waals surface area contributed by atoms with Gasteiger partial charge in [0.25, 0.3) is 0 Å². The normalized spacial score (nSPS) is 20.8. The fraction of sp³-hybridized carbons (Fsp3) is 0.333. The second kappa shape index (κ2) is 6.55. The van der Waals surface area contributed by atoms with Gasteiger partial charge in [-0.3, -0.25) is 0 Å². The van der Waals surface area contributed by atoms with E-state index in [4.69, 9.17) is 10.7 Å². The number of nitrogens with two attached hydrogens (primary N) is 1. The molecule has 2 unspecified atom stereocenters. The van der Waals surface area contributed by atoms with Crippen LogP contribution in [0.4, 0.5) is 5.69 Å². The maximum atomic E-state index is 5.92. The van der Waals surface area contributed by atoms with Crippen LogP contribution in [0.2, 0.25) is 0 Å². The molecule has 1 aliphatic heterocycles. The summed E-state index contributed by atoms with van der Waals surface area (Å²) in [5, 5.41) is 2.27. The van der Waals surface area contributed by atoms with Crippen molar-refractivity contribution in [1.29, 1.82) is 0 Å². The summed E-state index contributed by atoms with van der Waals surface area (Å²) < 4.78 is 1.17. The standard InChI is InChI=1S/C21H22N4S2/c1-3-25-9-7-14(12(25)2)19-11-16-15(6-8-23-20(16)27-19)21-24-17-10-13(22)4-5-18(17)26-21/h4-6,8,10-12,14H,3,7,9,22H2,1-2H3. The quantitative estimate of drug-likeness (QED) is 0.476. The van der Waals surface area contributed by atoms with Crippen molar-refractivity contribution >= 4 is 48.8 Å². The van der Waals surface area contributed by atoms with Crippen molar-refractivity contribution in [3.8, 4) is 10.6 Å². The molecule has 5 rings (SSSR count). The van der Waals surface area contributed by atoms with Crippen LogP contribution in [-0.4, -0.2) is 34.0 Å². The molecule has 2 N–H and O–H groups in total. The van der Waals surface area contributed by atoms with Crippen LogP contribution < -0.4 is 5.73 Å². The summed E-state index contributed by atoms with van der Waals surface area (Å²) in [6.07, 6.45) is 3.15. The number of anilines is 1. The van der Waals surface area contributed by atoms with Crippen molar-refractivity contribution in [2.45, 2.75) is 32.2 Å². The number of hydrogen-bond donors (Lipinski definition) is 1. The van der Waals surface area contributed by atoms with Gasteiger partial charge >= 0.3 is 0 Å². The number of likely N-dealkylation sites (tertiary alicyclic amines) is 1. The van der Waals surface area contributed by atoms with Crippen LogP contribution in [-0.2, 0) is 0 Å². The summed E-state index contributed by atoms with van der Waals surface area (Å²) in [5.74, 6) is 0.604. The molecule has 4 heterocycles. The number of rotatable bonds is 3. The van der Waals surface area contributed by atoms with Crippen LogP contribution in [0.3, 0.4) is 0 Å². The highest BCUT2D eigenvalue weighted by Crippen LogP contribution is 2.42. The van der Waals surface area contributed by atoms with Crippen LogP contribution in [0.1, 0.15) is 31.1 Å². The van der Waals surface area contributed by atoms with Gasteiger partial charge < -0.3 is 10.6 Å². The molecule has 4 aromatic rings. The molecule has 1 aliphatic rings. The zero-order valence-corrected chi connectivity index (χ0v) is 17.1. The second-order valence-electron chi connectivity index (χ2n) is 7.24. The Balaban J connectivity index is 1.60. The first-order valence-corrected chi connectivity index (χ1v) is 11.1. The number of nitrogen functional groups attached to an aromatic ring is 1. The Bertz CT molecular complexity index is 1130. The molecule has 1 aromatic carbocycles. The highest BCUT2D eigenvalue weighted by atomic mass is 32.1. The zero-order chi connectivity index (χ0) is 18.5. The summed E-state index contributed by atoms with van der Waals surface area (Å²) >= 11 is 3.57. The second-order valence-corrected chi connectivity index (χ2v) is 9.33. The van der Waals surface area contributed by atoms with E-state index in [-0.39, 0.29) is 0 Å². The highest BCUT2D eigenvalue weighted by molar-refractivity contribution is 7.22. The summed E-state index contributed by atoms with van der Waals surface area (Å²) in [7, 11) is 0. The van der Waals surface area contributed by atoms with Crippen molar-refractivity contribution in [2.24, 2.45) is 0 Å². The van der Waals surface area contributed by atoms with Gasteiger partial charge in [0.2, 0.25) is 0 Å². The Hall–Kier alpha value is -2.02. The van der Waals surface area contributed by atoms with Gasteiger partial charge in [-0.15, -0.1) is 22.7 Å². The molecule has 6 heteroatoms. The first-order chi connectivity index (χ1) is 13.1. The number of nitrogens with zero attached hydrogens (tertiary/aromatic N) is 3. The van der Waals surface area contributed by atoms with Crippen molar-refractivity contribution in [2.75, 3.05) is 18.8 Å². The number of fused-ring (bicyclic) bond motifs is 2. The lowest BCUT2D eigenvalue weighted by atomic mass is 9.99. The Morgan fingerprint density at radius 1 is 1.22 bits per heavy atom. The molecule has 0 amide bonds. The average Bonchev–Trinajstić information content (AvgIpc) is 3.36. The predicted molar refractivity (Wildman–Crippen MR) is 117 cm³/mol. The van der Waals surface area contributed by atoms with E-state index in [0.29, 0.717) is 12.0 Å². The van der Waals surface area contributed by atoms with Crippen LogP contribution >= 0.6 is 22.7 Å². The minimum Gasteiger partial charge on any atom is -0.399 e. The molecule has 1 saturated heterocycles. The third-order valence-electron chi connectivity index (χ3n) is 5.75. The number of benzene rings is 1.